The van der Waals surface area contributed by atoms with Crippen LogP contribution < -0.4 is 0 Å². The quantitative estimate of drug-likeness (QED) is 0.310. The Morgan fingerprint density at radius 1 is 0.875 bits per heavy atom. The standard InChI is InChI=1S/C12H25O2SSe/c1-2-3-4-5-6-7-8-9-10-11-12-14-15(13)16/h2-12H2,1H3/q-1. The van der Waals surface area contributed by atoms with E-state index in [-0.39, 0.29) is 0 Å². The summed E-state index contributed by atoms with van der Waals surface area (Å²) >= 11 is 2.43. The average molecular weight is 312 g/mol. The summed E-state index contributed by atoms with van der Waals surface area (Å²) in [5, 5.41) is 0. The Kier molecular flexibility index (Phi) is 14.2. The second-order valence-corrected chi connectivity index (χ2v) is 6.57. The van der Waals surface area contributed by atoms with Crippen LogP contribution in [-0.2, 0) is 17.4 Å². The van der Waals surface area contributed by atoms with Crippen LogP contribution in [0.15, 0.2) is 0 Å². The fourth-order valence-electron chi connectivity index (χ4n) is 1.72. The van der Waals surface area contributed by atoms with Crippen molar-refractivity contribution in [3.63, 3.8) is 0 Å². The van der Waals surface area contributed by atoms with E-state index in [0.29, 0.717) is 6.61 Å². The molecule has 0 aromatic heterocycles. The van der Waals surface area contributed by atoms with Gasteiger partial charge in [0, 0.05) is 0 Å². The monoisotopic (exact) mass is 313 g/mol. The van der Waals surface area contributed by atoms with Crippen molar-refractivity contribution in [2.75, 3.05) is 6.61 Å². The van der Waals surface area contributed by atoms with E-state index in [2.05, 4.69) is 21.3 Å². The van der Waals surface area contributed by atoms with Gasteiger partial charge < -0.3 is 0 Å². The molecule has 0 heterocycles. The van der Waals surface area contributed by atoms with Gasteiger partial charge in [0.15, 0.2) is 0 Å². The first-order valence-corrected chi connectivity index (χ1v) is 9.59. The van der Waals surface area contributed by atoms with Crippen molar-refractivity contribution in [1.82, 2.24) is 0 Å². The van der Waals surface area contributed by atoms with E-state index < -0.39 is 9.00 Å². The Balaban J connectivity index is 2.93. The second-order valence-electron chi connectivity index (χ2n) is 4.21. The average Bonchev–Trinajstić information content (AvgIpc) is 2.25. The molecule has 0 saturated heterocycles. The first-order chi connectivity index (χ1) is 7.77. The van der Waals surface area contributed by atoms with Crippen LogP contribution in [0.2, 0.25) is 0 Å². The Hall–Kier alpha value is 0.629. The Morgan fingerprint density at radius 3 is 1.75 bits per heavy atom. The maximum absolute atomic E-state index is 10.5. The van der Waals surface area contributed by atoms with E-state index in [1.54, 1.807) is 0 Å². The SMILES string of the molecule is CCCCCCCCCCCCO[S-](=O)=[Se]. The third kappa shape index (κ3) is 14.6. The Bertz CT molecular complexity index is 197. The van der Waals surface area contributed by atoms with Crippen molar-refractivity contribution >= 4 is 23.4 Å². The second kappa shape index (κ2) is 13.7. The van der Waals surface area contributed by atoms with Crippen LogP contribution in [0.3, 0.4) is 0 Å². The summed E-state index contributed by atoms with van der Waals surface area (Å²) < 4.78 is 15.5. The van der Waals surface area contributed by atoms with E-state index >= 15 is 0 Å². The van der Waals surface area contributed by atoms with Gasteiger partial charge in [-0.2, -0.15) is 0 Å². The molecule has 0 aromatic rings. The summed E-state index contributed by atoms with van der Waals surface area (Å²) in [4.78, 5) is 0. The normalized spacial score (nSPS) is 11.1. The van der Waals surface area contributed by atoms with Gasteiger partial charge in [-0.05, 0) is 0 Å². The summed E-state index contributed by atoms with van der Waals surface area (Å²) in [6.07, 6.45) is 13.2. The van der Waals surface area contributed by atoms with Crippen LogP contribution in [0.25, 0.3) is 0 Å². The molecule has 0 N–H and O–H groups in total. The molecule has 2 nitrogen and oxygen atoms in total. The molecule has 0 radical (unpaired) electrons. The van der Waals surface area contributed by atoms with E-state index in [9.17, 15) is 4.21 Å². The van der Waals surface area contributed by atoms with Gasteiger partial charge in [-0.3, -0.25) is 0 Å². The van der Waals surface area contributed by atoms with Gasteiger partial charge in [0.05, 0.1) is 0 Å². The van der Waals surface area contributed by atoms with Crippen molar-refractivity contribution < 1.29 is 8.39 Å². The van der Waals surface area contributed by atoms with Crippen LogP contribution in [0.1, 0.15) is 71.1 Å². The molecule has 0 unspecified atom stereocenters. The molecule has 0 aliphatic heterocycles. The summed E-state index contributed by atoms with van der Waals surface area (Å²) in [7, 11) is -1.20. The van der Waals surface area contributed by atoms with Gasteiger partial charge in [0.25, 0.3) is 0 Å². The minimum atomic E-state index is -1.20. The predicted octanol–water partition coefficient (Wildman–Crippen LogP) is 3.89. The van der Waals surface area contributed by atoms with Crippen LogP contribution in [-0.4, -0.2) is 21.0 Å². The van der Waals surface area contributed by atoms with Gasteiger partial charge in [-0.1, -0.05) is 13.3 Å². The van der Waals surface area contributed by atoms with Gasteiger partial charge in [-0.25, -0.2) is 0 Å². The van der Waals surface area contributed by atoms with E-state index in [0.717, 1.165) is 6.42 Å². The van der Waals surface area contributed by atoms with Crippen LogP contribution in [0, 0.1) is 0 Å². The van der Waals surface area contributed by atoms with E-state index in [1.165, 1.54) is 57.8 Å². The molecule has 0 amide bonds. The number of hydrogen-bond acceptors (Lipinski definition) is 3. The number of rotatable bonds is 12. The first-order valence-electron chi connectivity index (χ1n) is 6.50. The molecule has 0 saturated carbocycles. The zero-order valence-electron chi connectivity index (χ0n) is 10.4. The summed E-state index contributed by atoms with van der Waals surface area (Å²) in [5.74, 6) is 0. The van der Waals surface area contributed by atoms with Gasteiger partial charge in [-0.15, -0.1) is 0 Å². The summed E-state index contributed by atoms with van der Waals surface area (Å²) in [6, 6.07) is 0. The van der Waals surface area contributed by atoms with Crippen molar-refractivity contribution in [3.8, 4) is 0 Å². The zero-order valence-corrected chi connectivity index (χ0v) is 12.9. The molecule has 0 aliphatic rings. The Labute approximate surface area is 109 Å². The van der Waals surface area contributed by atoms with Crippen LogP contribution >= 0.6 is 0 Å². The van der Waals surface area contributed by atoms with Crippen molar-refractivity contribution in [3.05, 3.63) is 0 Å². The molecule has 0 aliphatic carbocycles. The molecule has 0 rings (SSSR count). The number of hydrogen-bond donors (Lipinski definition) is 0. The fourth-order valence-corrected chi connectivity index (χ4v) is 2.40. The minimum absolute atomic E-state index is 0.621. The topological polar surface area (TPSA) is 26.3 Å². The van der Waals surface area contributed by atoms with Crippen molar-refractivity contribution in [2.45, 2.75) is 71.1 Å². The summed E-state index contributed by atoms with van der Waals surface area (Å²) in [6.45, 7) is 2.87. The predicted molar refractivity (Wildman–Crippen MR) is 71.6 cm³/mol. The first kappa shape index (κ1) is 16.6. The molecule has 16 heavy (non-hydrogen) atoms. The van der Waals surface area contributed by atoms with E-state index in [4.69, 9.17) is 4.18 Å². The van der Waals surface area contributed by atoms with Crippen LogP contribution in [0.4, 0.5) is 0 Å². The van der Waals surface area contributed by atoms with Gasteiger partial charge in [0.2, 0.25) is 0 Å². The van der Waals surface area contributed by atoms with Gasteiger partial charge >= 0.3 is 96.2 Å². The zero-order chi connectivity index (χ0) is 12.1. The summed E-state index contributed by atoms with van der Waals surface area (Å²) in [5.41, 5.74) is 0. The number of unbranched alkanes of at least 4 members (excludes halogenated alkanes) is 9. The molecule has 0 fully saturated rings. The molecule has 98 valence electrons. The molecule has 0 atom stereocenters. The molecular weight excluding hydrogens is 287 g/mol. The van der Waals surface area contributed by atoms with Crippen molar-refractivity contribution in [2.24, 2.45) is 0 Å². The Morgan fingerprint density at radius 2 is 1.31 bits per heavy atom. The molecule has 4 heteroatoms. The molecule has 0 spiro atoms. The maximum atomic E-state index is 10.5. The third-order valence-electron chi connectivity index (χ3n) is 2.68. The molecule has 0 aromatic carbocycles. The molecule has 0 bridgehead atoms. The van der Waals surface area contributed by atoms with Crippen LogP contribution in [0.5, 0.6) is 0 Å². The van der Waals surface area contributed by atoms with Crippen molar-refractivity contribution in [1.29, 1.82) is 0 Å². The third-order valence-corrected chi connectivity index (χ3v) is 3.64. The van der Waals surface area contributed by atoms with E-state index in [1.807, 2.05) is 0 Å². The fraction of sp³-hybridized carbons (Fsp3) is 1.00. The molecular formula is C12H25O2SSe-. The van der Waals surface area contributed by atoms with Gasteiger partial charge in [0.1, 0.15) is 0 Å².